The van der Waals surface area contributed by atoms with Gasteiger partial charge in [-0.15, -0.1) is 0 Å². The van der Waals surface area contributed by atoms with Crippen molar-refractivity contribution in [1.82, 2.24) is 25.1 Å². The van der Waals surface area contributed by atoms with Crippen molar-refractivity contribution in [3.63, 3.8) is 0 Å². The molecule has 0 aliphatic carbocycles. The highest BCUT2D eigenvalue weighted by atomic mass is 127. The summed E-state index contributed by atoms with van der Waals surface area (Å²) in [6.45, 7) is 0. The zero-order valence-corrected chi connectivity index (χ0v) is 12.8. The number of halogens is 1. The maximum Gasteiger partial charge on any atom is 0.144 e. The molecule has 0 atom stereocenters. The van der Waals surface area contributed by atoms with Crippen molar-refractivity contribution in [3.8, 4) is 0 Å². The number of fused-ring (bicyclic) bond motifs is 2. The van der Waals surface area contributed by atoms with Crippen LogP contribution < -0.4 is 11.1 Å². The van der Waals surface area contributed by atoms with Gasteiger partial charge in [-0.1, -0.05) is 0 Å². The van der Waals surface area contributed by atoms with Crippen molar-refractivity contribution >= 4 is 61.9 Å². The van der Waals surface area contributed by atoms with E-state index in [-0.39, 0.29) is 0 Å². The third-order valence-electron chi connectivity index (χ3n) is 3.23. The number of benzene rings is 1. The van der Waals surface area contributed by atoms with E-state index < -0.39 is 0 Å². The van der Waals surface area contributed by atoms with Crippen LogP contribution in [0.1, 0.15) is 0 Å². The minimum absolute atomic E-state index is 0.563. The molecule has 4 aromatic rings. The number of nitrogen functional groups attached to an aromatic ring is 1. The lowest BCUT2D eigenvalue weighted by Gasteiger charge is -2.06. The predicted molar refractivity (Wildman–Crippen MR) is 90.4 cm³/mol. The first-order valence-corrected chi connectivity index (χ1v) is 7.28. The van der Waals surface area contributed by atoms with E-state index in [0.29, 0.717) is 17.3 Å². The Balaban J connectivity index is 1.80. The van der Waals surface area contributed by atoms with Gasteiger partial charge in [0.05, 0.1) is 10.9 Å². The van der Waals surface area contributed by atoms with Gasteiger partial charge in [-0.05, 0) is 46.9 Å². The highest BCUT2D eigenvalue weighted by molar-refractivity contribution is 14.1. The number of nitrogens with two attached hydrogens (primary N) is 1. The van der Waals surface area contributed by atoms with Gasteiger partial charge in [0.2, 0.25) is 0 Å². The van der Waals surface area contributed by atoms with Gasteiger partial charge < -0.3 is 16.0 Å². The molecule has 0 fully saturated rings. The van der Waals surface area contributed by atoms with Crippen LogP contribution >= 0.6 is 22.6 Å². The lowest BCUT2D eigenvalue weighted by Crippen LogP contribution is -1.95. The number of hydrogen-bond donors (Lipinski definition) is 4. The summed E-state index contributed by atoms with van der Waals surface area (Å²) in [5, 5.41) is 12.4. The molecule has 0 radical (unpaired) electrons. The Morgan fingerprint density at radius 2 is 2.05 bits per heavy atom. The average molecular weight is 391 g/mol. The fourth-order valence-corrected chi connectivity index (χ4v) is 2.82. The summed E-state index contributed by atoms with van der Waals surface area (Å²) in [5.74, 6) is 1.28. The van der Waals surface area contributed by atoms with Gasteiger partial charge >= 0.3 is 0 Å². The molecule has 104 valence electrons. The van der Waals surface area contributed by atoms with E-state index in [9.17, 15) is 0 Å². The molecule has 0 saturated carbocycles. The van der Waals surface area contributed by atoms with Gasteiger partial charge in [-0.3, -0.25) is 5.10 Å². The maximum absolute atomic E-state index is 5.77. The summed E-state index contributed by atoms with van der Waals surface area (Å²) >= 11 is 2.20. The van der Waals surface area contributed by atoms with E-state index in [0.717, 1.165) is 25.7 Å². The lowest BCUT2D eigenvalue weighted by atomic mass is 10.2. The fourth-order valence-electron chi connectivity index (χ4n) is 2.26. The molecule has 0 amide bonds. The number of nitrogens with zero attached hydrogens (tertiary/aromatic N) is 3. The molecule has 0 spiro atoms. The van der Waals surface area contributed by atoms with Gasteiger partial charge in [-0.25, -0.2) is 9.97 Å². The molecule has 7 nitrogen and oxygen atoms in total. The van der Waals surface area contributed by atoms with Crippen LogP contribution in [0.2, 0.25) is 0 Å². The second-order valence-corrected chi connectivity index (χ2v) is 5.63. The Morgan fingerprint density at radius 3 is 2.95 bits per heavy atom. The van der Waals surface area contributed by atoms with Gasteiger partial charge in [0.25, 0.3) is 0 Å². The Bertz CT molecular complexity index is 956. The summed E-state index contributed by atoms with van der Waals surface area (Å²) < 4.78 is 0.935. The van der Waals surface area contributed by atoms with Crippen molar-refractivity contribution in [2.24, 2.45) is 0 Å². The first kappa shape index (κ1) is 12.4. The number of anilines is 3. The molecule has 1 aromatic carbocycles. The molecular formula is C13H10IN7. The van der Waals surface area contributed by atoms with Crippen molar-refractivity contribution in [3.05, 3.63) is 34.3 Å². The topological polar surface area (TPSA) is 108 Å². The number of aromatic amines is 2. The molecule has 21 heavy (non-hydrogen) atoms. The van der Waals surface area contributed by atoms with Crippen molar-refractivity contribution in [2.75, 3.05) is 11.1 Å². The number of aromatic nitrogens is 5. The predicted octanol–water partition coefficient (Wildman–Crippen LogP) is 2.76. The van der Waals surface area contributed by atoms with Gasteiger partial charge in [-0.2, -0.15) is 5.10 Å². The van der Waals surface area contributed by atoms with E-state index in [1.807, 2.05) is 24.3 Å². The van der Waals surface area contributed by atoms with Crippen LogP contribution in [0, 0.1) is 3.70 Å². The molecule has 5 N–H and O–H groups in total. The van der Waals surface area contributed by atoms with Crippen LogP contribution in [0.15, 0.2) is 30.6 Å². The highest BCUT2D eigenvalue weighted by Crippen LogP contribution is 2.27. The van der Waals surface area contributed by atoms with E-state index in [1.54, 1.807) is 0 Å². The molecule has 0 saturated heterocycles. The van der Waals surface area contributed by atoms with Gasteiger partial charge in [0, 0.05) is 11.1 Å². The van der Waals surface area contributed by atoms with E-state index in [2.05, 4.69) is 53.1 Å². The maximum atomic E-state index is 5.77. The van der Waals surface area contributed by atoms with Crippen molar-refractivity contribution in [1.29, 1.82) is 0 Å². The minimum atomic E-state index is 0.563. The van der Waals surface area contributed by atoms with Crippen molar-refractivity contribution < 1.29 is 0 Å². The largest absolute Gasteiger partial charge is 0.385 e. The lowest BCUT2D eigenvalue weighted by molar-refractivity contribution is 1.09. The highest BCUT2D eigenvalue weighted by Gasteiger charge is 2.08. The Kier molecular flexibility index (Phi) is 2.70. The van der Waals surface area contributed by atoms with Crippen molar-refractivity contribution in [2.45, 2.75) is 0 Å². The van der Waals surface area contributed by atoms with E-state index in [1.165, 1.54) is 6.33 Å². The molecule has 8 heteroatoms. The second-order valence-electron chi connectivity index (χ2n) is 4.61. The third-order valence-corrected chi connectivity index (χ3v) is 4.05. The number of nitrogens with one attached hydrogen (secondary N) is 3. The summed E-state index contributed by atoms with van der Waals surface area (Å²) in [6, 6.07) is 7.81. The first-order chi connectivity index (χ1) is 10.2. The molecule has 0 bridgehead atoms. The molecule has 3 heterocycles. The molecule has 0 aliphatic heterocycles. The molecule has 0 aliphatic rings. The molecule has 3 aromatic heterocycles. The van der Waals surface area contributed by atoms with Crippen LogP contribution in [-0.4, -0.2) is 25.1 Å². The van der Waals surface area contributed by atoms with Crippen LogP contribution in [-0.2, 0) is 0 Å². The van der Waals surface area contributed by atoms with Crippen LogP contribution in [0.25, 0.3) is 21.9 Å². The zero-order chi connectivity index (χ0) is 14.4. The quantitative estimate of drug-likeness (QED) is 0.393. The van der Waals surface area contributed by atoms with E-state index >= 15 is 0 Å². The summed E-state index contributed by atoms with van der Waals surface area (Å²) in [6.07, 6.45) is 1.50. The number of H-pyrrole nitrogens is 2. The summed E-state index contributed by atoms with van der Waals surface area (Å²) in [4.78, 5) is 11.4. The number of rotatable bonds is 2. The average Bonchev–Trinajstić information content (AvgIpc) is 3.03. The monoisotopic (exact) mass is 391 g/mol. The fraction of sp³-hybridized carbons (Fsp3) is 0. The van der Waals surface area contributed by atoms with E-state index in [4.69, 9.17) is 5.73 Å². The summed E-state index contributed by atoms with van der Waals surface area (Å²) in [7, 11) is 0. The molecular weight excluding hydrogens is 381 g/mol. The Hall–Kier alpha value is -2.36. The number of hydrogen-bond acceptors (Lipinski definition) is 5. The molecule has 0 unspecified atom stereocenters. The SMILES string of the molecule is Nc1cc2c(Nc3ccc4[nH]nc(I)c4c3)ncnc2[nH]1. The molecule has 4 rings (SSSR count). The van der Waals surface area contributed by atoms with Crippen LogP contribution in [0.5, 0.6) is 0 Å². The zero-order valence-electron chi connectivity index (χ0n) is 10.7. The summed E-state index contributed by atoms with van der Waals surface area (Å²) in [5.41, 5.74) is 8.42. The third kappa shape index (κ3) is 2.07. The smallest absolute Gasteiger partial charge is 0.144 e. The normalized spacial score (nSPS) is 11.3. The van der Waals surface area contributed by atoms with Gasteiger partial charge in [0.15, 0.2) is 0 Å². The standard InChI is InChI=1S/C13H10IN7/c14-11-7-3-6(1-2-9(7)20-21-11)18-12-8-4-10(15)19-13(8)17-5-16-12/h1-5H,15H2,(H,20,21)(H2,16,17,18,19). The second kappa shape index (κ2) is 4.58. The minimum Gasteiger partial charge on any atom is -0.385 e. The Morgan fingerprint density at radius 1 is 1.14 bits per heavy atom. The van der Waals surface area contributed by atoms with Gasteiger partial charge in [0.1, 0.15) is 27.3 Å². The Labute approximate surface area is 132 Å². The van der Waals surface area contributed by atoms with Crippen LogP contribution in [0.3, 0.4) is 0 Å². The van der Waals surface area contributed by atoms with Crippen LogP contribution in [0.4, 0.5) is 17.3 Å². The first-order valence-electron chi connectivity index (χ1n) is 6.20.